The smallest absolute Gasteiger partial charge is 0.161 e. The minimum atomic E-state index is 0.134. The zero-order valence-corrected chi connectivity index (χ0v) is 10.5. The van der Waals surface area contributed by atoms with E-state index in [1.165, 1.54) is 7.11 Å². The number of phenols is 1. The number of hydrogen-bond donors (Lipinski definition) is 2. The lowest BCUT2D eigenvalue weighted by molar-refractivity contribution is 0.370. The first-order valence-electron chi connectivity index (χ1n) is 4.85. The van der Waals surface area contributed by atoms with Gasteiger partial charge >= 0.3 is 0 Å². The lowest BCUT2D eigenvalue weighted by Gasteiger charge is -2.11. The van der Waals surface area contributed by atoms with Gasteiger partial charge in [0.1, 0.15) is 0 Å². The molecule has 0 spiro atoms. The Labute approximate surface area is 98.4 Å². The number of halogens is 1. The van der Waals surface area contributed by atoms with Gasteiger partial charge in [-0.25, -0.2) is 0 Å². The number of ether oxygens (including phenoxy) is 1. The number of benzene rings is 1. The van der Waals surface area contributed by atoms with Crippen LogP contribution < -0.4 is 10.5 Å². The molecule has 0 unspecified atom stereocenters. The highest BCUT2D eigenvalue weighted by atomic mass is 79.9. The van der Waals surface area contributed by atoms with Gasteiger partial charge in [0.25, 0.3) is 0 Å². The topological polar surface area (TPSA) is 55.5 Å². The number of aryl methyl sites for hydroxylation is 1. The Morgan fingerprint density at radius 1 is 1.53 bits per heavy atom. The molecule has 84 valence electrons. The maximum Gasteiger partial charge on any atom is 0.161 e. The first-order chi connectivity index (χ1) is 7.04. The molecule has 1 aromatic carbocycles. The van der Waals surface area contributed by atoms with Crippen LogP contribution in [0.1, 0.15) is 18.9 Å². The van der Waals surface area contributed by atoms with Crippen LogP contribution in [0.4, 0.5) is 0 Å². The van der Waals surface area contributed by atoms with E-state index in [0.29, 0.717) is 5.75 Å². The molecule has 0 saturated heterocycles. The third-order valence-electron chi connectivity index (χ3n) is 2.21. The third-order valence-corrected chi connectivity index (χ3v) is 2.67. The van der Waals surface area contributed by atoms with Crippen molar-refractivity contribution in [3.63, 3.8) is 0 Å². The lowest BCUT2D eigenvalue weighted by Crippen LogP contribution is -2.15. The second-order valence-corrected chi connectivity index (χ2v) is 4.55. The Balaban J connectivity index is 2.91. The van der Waals surface area contributed by atoms with E-state index in [0.717, 1.165) is 22.9 Å². The van der Waals surface area contributed by atoms with Gasteiger partial charge in [-0.2, -0.15) is 0 Å². The fraction of sp³-hybridized carbons (Fsp3) is 0.455. The number of methoxy groups -OCH3 is 1. The van der Waals surface area contributed by atoms with E-state index in [9.17, 15) is 5.11 Å². The van der Waals surface area contributed by atoms with Crippen molar-refractivity contribution in [1.29, 1.82) is 0 Å². The number of rotatable bonds is 4. The minimum absolute atomic E-state index is 0.134. The quantitative estimate of drug-likeness (QED) is 0.886. The van der Waals surface area contributed by atoms with E-state index >= 15 is 0 Å². The van der Waals surface area contributed by atoms with Crippen molar-refractivity contribution in [3.05, 3.63) is 22.2 Å². The zero-order chi connectivity index (χ0) is 11.4. The maximum atomic E-state index is 9.84. The van der Waals surface area contributed by atoms with Crippen LogP contribution in [0.2, 0.25) is 0 Å². The van der Waals surface area contributed by atoms with Crippen LogP contribution in [0.5, 0.6) is 11.5 Å². The molecule has 0 saturated carbocycles. The van der Waals surface area contributed by atoms with Gasteiger partial charge in [-0.3, -0.25) is 0 Å². The molecule has 1 aromatic rings. The molecule has 0 fully saturated rings. The van der Waals surface area contributed by atoms with Crippen molar-refractivity contribution < 1.29 is 9.84 Å². The summed E-state index contributed by atoms with van der Waals surface area (Å²) in [6.45, 7) is 1.95. The maximum absolute atomic E-state index is 9.84. The van der Waals surface area contributed by atoms with Crippen molar-refractivity contribution in [1.82, 2.24) is 0 Å². The van der Waals surface area contributed by atoms with Crippen LogP contribution in [-0.2, 0) is 6.42 Å². The molecule has 0 bridgehead atoms. The molecule has 0 aliphatic heterocycles. The van der Waals surface area contributed by atoms with Crippen LogP contribution in [-0.4, -0.2) is 18.3 Å². The molecule has 1 atom stereocenters. The zero-order valence-electron chi connectivity index (χ0n) is 8.96. The molecule has 0 aliphatic carbocycles. The van der Waals surface area contributed by atoms with Gasteiger partial charge in [0.05, 0.1) is 7.11 Å². The third kappa shape index (κ3) is 3.39. The number of nitrogens with two attached hydrogens (primary N) is 1. The van der Waals surface area contributed by atoms with Crippen LogP contribution in [0, 0.1) is 0 Å². The van der Waals surface area contributed by atoms with Crippen molar-refractivity contribution in [2.45, 2.75) is 25.8 Å². The van der Waals surface area contributed by atoms with Crippen LogP contribution in [0.25, 0.3) is 0 Å². The number of aromatic hydroxyl groups is 1. The van der Waals surface area contributed by atoms with E-state index in [2.05, 4.69) is 15.9 Å². The summed E-state index contributed by atoms with van der Waals surface area (Å²) in [6, 6.07) is 3.76. The lowest BCUT2D eigenvalue weighted by atomic mass is 10.1. The fourth-order valence-corrected chi connectivity index (χ4v) is 1.84. The molecular weight excluding hydrogens is 258 g/mol. The Morgan fingerprint density at radius 3 is 2.73 bits per heavy atom. The summed E-state index contributed by atoms with van der Waals surface area (Å²) in [5, 5.41) is 9.84. The average molecular weight is 274 g/mol. The van der Waals surface area contributed by atoms with Crippen LogP contribution in [0.15, 0.2) is 16.6 Å². The summed E-state index contributed by atoms with van der Waals surface area (Å²) < 4.78 is 5.96. The van der Waals surface area contributed by atoms with Gasteiger partial charge in [0.15, 0.2) is 11.5 Å². The monoisotopic (exact) mass is 273 g/mol. The van der Waals surface area contributed by atoms with Crippen molar-refractivity contribution in [2.24, 2.45) is 5.73 Å². The summed E-state index contributed by atoms with van der Waals surface area (Å²) in [5.41, 5.74) is 6.53. The second-order valence-electron chi connectivity index (χ2n) is 3.63. The molecule has 15 heavy (non-hydrogen) atoms. The minimum Gasteiger partial charge on any atom is -0.504 e. The SMILES string of the molecule is COc1cc(Br)cc(CC[C@@H](C)N)c1O. The van der Waals surface area contributed by atoms with Gasteiger partial charge in [0, 0.05) is 10.5 Å². The van der Waals surface area contributed by atoms with E-state index < -0.39 is 0 Å². The molecule has 3 N–H and O–H groups in total. The summed E-state index contributed by atoms with van der Waals surface area (Å²) in [7, 11) is 1.54. The van der Waals surface area contributed by atoms with Crippen LogP contribution in [0.3, 0.4) is 0 Å². The molecule has 0 aliphatic rings. The second kappa shape index (κ2) is 5.37. The Hall–Kier alpha value is -0.740. The van der Waals surface area contributed by atoms with E-state index in [4.69, 9.17) is 10.5 Å². The first kappa shape index (κ1) is 12.3. The predicted octanol–water partition coefficient (Wildman–Crippen LogP) is 2.44. The van der Waals surface area contributed by atoms with E-state index in [1.807, 2.05) is 13.0 Å². The molecule has 0 radical (unpaired) electrons. The van der Waals surface area contributed by atoms with Gasteiger partial charge in [0.2, 0.25) is 0 Å². The van der Waals surface area contributed by atoms with Crippen molar-refractivity contribution in [2.75, 3.05) is 7.11 Å². The molecule has 1 rings (SSSR count). The van der Waals surface area contributed by atoms with Gasteiger partial charge in [-0.1, -0.05) is 15.9 Å². The molecule has 0 amide bonds. The molecule has 0 aromatic heterocycles. The largest absolute Gasteiger partial charge is 0.504 e. The summed E-state index contributed by atoms with van der Waals surface area (Å²) in [6.07, 6.45) is 1.59. The number of phenolic OH excluding ortho intramolecular Hbond substituents is 1. The standard InChI is InChI=1S/C11H16BrNO2/c1-7(13)3-4-8-5-9(12)6-10(15-2)11(8)14/h5-7,14H,3-4,13H2,1-2H3/t7-/m1/s1. The van der Waals surface area contributed by atoms with Crippen LogP contribution >= 0.6 is 15.9 Å². The molecule has 0 heterocycles. The molecule has 3 nitrogen and oxygen atoms in total. The average Bonchev–Trinajstić information content (AvgIpc) is 2.18. The highest BCUT2D eigenvalue weighted by Gasteiger charge is 2.10. The normalized spacial score (nSPS) is 12.5. The highest BCUT2D eigenvalue weighted by molar-refractivity contribution is 9.10. The van der Waals surface area contributed by atoms with E-state index in [-0.39, 0.29) is 11.8 Å². The Kier molecular flexibility index (Phi) is 4.42. The summed E-state index contributed by atoms with van der Waals surface area (Å²) in [4.78, 5) is 0. The summed E-state index contributed by atoms with van der Waals surface area (Å²) >= 11 is 3.37. The molecular formula is C11H16BrNO2. The number of hydrogen-bond acceptors (Lipinski definition) is 3. The van der Waals surface area contributed by atoms with E-state index in [1.54, 1.807) is 6.07 Å². The van der Waals surface area contributed by atoms with Gasteiger partial charge in [-0.05, 0) is 37.5 Å². The van der Waals surface area contributed by atoms with Gasteiger partial charge < -0.3 is 15.6 Å². The highest BCUT2D eigenvalue weighted by Crippen LogP contribution is 2.34. The summed E-state index contributed by atoms with van der Waals surface area (Å²) in [5.74, 6) is 0.699. The van der Waals surface area contributed by atoms with Crippen molar-refractivity contribution in [3.8, 4) is 11.5 Å². The predicted molar refractivity (Wildman–Crippen MR) is 64.3 cm³/mol. The first-order valence-corrected chi connectivity index (χ1v) is 5.65. The Bertz CT molecular complexity index is 340. The fourth-order valence-electron chi connectivity index (χ4n) is 1.36. The van der Waals surface area contributed by atoms with Crippen molar-refractivity contribution >= 4 is 15.9 Å². The Morgan fingerprint density at radius 2 is 2.20 bits per heavy atom. The van der Waals surface area contributed by atoms with Gasteiger partial charge in [-0.15, -0.1) is 0 Å². The molecule has 4 heteroatoms.